The van der Waals surface area contributed by atoms with Crippen molar-refractivity contribution in [3.05, 3.63) is 12.7 Å². The summed E-state index contributed by atoms with van der Waals surface area (Å²) in [5.41, 5.74) is 1.02. The van der Waals surface area contributed by atoms with Crippen LogP contribution >= 0.6 is 0 Å². The predicted octanol–water partition coefficient (Wildman–Crippen LogP) is -1.36. The van der Waals surface area contributed by atoms with Crippen molar-refractivity contribution in [2.24, 2.45) is 0 Å². The number of hydrogen-bond acceptors (Lipinski definition) is 9. The molecule has 4 N–H and O–H groups in total. The fourth-order valence-corrected chi connectivity index (χ4v) is 3.10. The molecule has 0 bridgehead atoms. The van der Waals surface area contributed by atoms with E-state index in [4.69, 9.17) is 9.47 Å². The largest absolute Gasteiger partial charge is 0.394 e. The van der Waals surface area contributed by atoms with Crippen LogP contribution in [0.1, 0.15) is 12.6 Å². The summed E-state index contributed by atoms with van der Waals surface area (Å²) >= 11 is 0. The normalized spacial score (nSPS) is 33.4. The van der Waals surface area contributed by atoms with Crippen LogP contribution in [0.15, 0.2) is 12.7 Å². The van der Waals surface area contributed by atoms with Gasteiger partial charge in [-0.1, -0.05) is 0 Å². The molecule has 2 saturated heterocycles. The first-order valence-corrected chi connectivity index (χ1v) is 7.83. The maximum absolute atomic E-state index is 10.2. The maximum atomic E-state index is 10.2. The molecule has 0 saturated carbocycles. The number of ether oxygens (including phenoxy) is 2. The predicted molar refractivity (Wildman–Crippen MR) is 81.2 cm³/mol. The fourth-order valence-electron chi connectivity index (χ4n) is 3.10. The Hall–Kier alpha value is -1.85. The Bertz CT molecular complexity index is 719. The number of aliphatic hydroxyl groups is 3. The molecule has 0 aliphatic carbocycles. The molecule has 130 valence electrons. The molecule has 0 aromatic carbocycles. The molecule has 2 aromatic rings. The number of nitrogens with zero attached hydrogens (tertiary/aromatic N) is 4. The van der Waals surface area contributed by atoms with E-state index in [1.165, 1.54) is 17.2 Å². The number of rotatable bonds is 4. The van der Waals surface area contributed by atoms with E-state index in [2.05, 4.69) is 20.3 Å². The minimum atomic E-state index is -1.19. The Balaban J connectivity index is 1.65. The summed E-state index contributed by atoms with van der Waals surface area (Å²) in [5.74, 6) is 0.584. The van der Waals surface area contributed by atoms with Crippen LogP contribution in [0.4, 0.5) is 5.82 Å². The quantitative estimate of drug-likeness (QED) is 0.533. The van der Waals surface area contributed by atoms with Crippen LogP contribution in [0.5, 0.6) is 0 Å². The van der Waals surface area contributed by atoms with Crippen molar-refractivity contribution in [3.8, 4) is 0 Å². The zero-order valence-corrected chi connectivity index (χ0v) is 12.8. The second-order valence-corrected chi connectivity index (χ2v) is 5.98. The topological polar surface area (TPSA) is 135 Å². The third-order valence-corrected chi connectivity index (χ3v) is 4.42. The van der Waals surface area contributed by atoms with Crippen LogP contribution in [0, 0.1) is 0 Å². The number of fused-ring (bicyclic) bond motifs is 1. The van der Waals surface area contributed by atoms with Crippen molar-refractivity contribution < 1.29 is 24.8 Å². The van der Waals surface area contributed by atoms with Gasteiger partial charge in [-0.3, -0.25) is 4.57 Å². The average molecular weight is 337 g/mol. The molecular weight excluding hydrogens is 318 g/mol. The Morgan fingerprint density at radius 3 is 2.83 bits per heavy atom. The lowest BCUT2D eigenvalue weighted by atomic mass is 10.1. The number of anilines is 1. The van der Waals surface area contributed by atoms with Crippen LogP contribution in [0.25, 0.3) is 11.2 Å². The number of nitrogens with one attached hydrogen (secondary N) is 1. The third-order valence-electron chi connectivity index (χ3n) is 4.42. The van der Waals surface area contributed by atoms with Crippen LogP contribution in [-0.2, 0) is 9.47 Å². The molecule has 0 amide bonds. The van der Waals surface area contributed by atoms with Gasteiger partial charge < -0.3 is 30.1 Å². The standard InChI is InChI=1S/C14H19N5O5/c20-3-8-10(21)11(22)14(24-8)19-6-17-9-12(15-5-16-13(9)19)18-7-1-2-23-4-7/h5-8,10-11,14,20-22H,1-4H2,(H,15,16,18)/t7?,8-,10+,11-,14-/m1/s1. The number of hydrogen-bond donors (Lipinski definition) is 4. The van der Waals surface area contributed by atoms with Crippen molar-refractivity contribution in [3.63, 3.8) is 0 Å². The summed E-state index contributed by atoms with van der Waals surface area (Å²) < 4.78 is 12.4. The van der Waals surface area contributed by atoms with Gasteiger partial charge in [0.25, 0.3) is 0 Å². The second-order valence-electron chi connectivity index (χ2n) is 5.98. The van der Waals surface area contributed by atoms with E-state index < -0.39 is 24.5 Å². The SMILES string of the molecule is OC[C@H]1O[C@@H](n2cnc3c(NC4CCOC4)ncnc32)[C@H](O)[C@H]1O. The lowest BCUT2D eigenvalue weighted by molar-refractivity contribution is -0.0511. The highest BCUT2D eigenvalue weighted by atomic mass is 16.6. The van der Waals surface area contributed by atoms with Gasteiger partial charge in [0.2, 0.25) is 0 Å². The first-order chi connectivity index (χ1) is 11.7. The lowest BCUT2D eigenvalue weighted by Crippen LogP contribution is -2.33. The number of aromatic nitrogens is 4. The molecule has 2 aliphatic heterocycles. The summed E-state index contributed by atoms with van der Waals surface area (Å²) in [7, 11) is 0. The number of aliphatic hydroxyl groups excluding tert-OH is 3. The van der Waals surface area contributed by atoms with Crippen LogP contribution < -0.4 is 5.32 Å². The molecule has 1 unspecified atom stereocenters. The van der Waals surface area contributed by atoms with Gasteiger partial charge in [-0.2, -0.15) is 0 Å². The Kier molecular flexibility index (Phi) is 4.06. The minimum absolute atomic E-state index is 0.169. The molecule has 2 aliphatic rings. The number of imidazole rings is 1. The van der Waals surface area contributed by atoms with E-state index in [-0.39, 0.29) is 12.6 Å². The zero-order chi connectivity index (χ0) is 16.7. The first-order valence-electron chi connectivity index (χ1n) is 7.83. The van der Waals surface area contributed by atoms with E-state index in [0.29, 0.717) is 30.2 Å². The summed E-state index contributed by atoms with van der Waals surface area (Å²) in [6.07, 6.45) is -0.310. The van der Waals surface area contributed by atoms with Crippen molar-refractivity contribution in [2.75, 3.05) is 25.1 Å². The molecule has 4 heterocycles. The maximum Gasteiger partial charge on any atom is 0.167 e. The molecule has 4 rings (SSSR count). The minimum Gasteiger partial charge on any atom is -0.394 e. The highest BCUT2D eigenvalue weighted by Crippen LogP contribution is 2.32. The van der Waals surface area contributed by atoms with E-state index in [1.807, 2.05) is 0 Å². The summed E-state index contributed by atoms with van der Waals surface area (Å²) in [6.45, 7) is 0.939. The van der Waals surface area contributed by atoms with Gasteiger partial charge in [-0.15, -0.1) is 0 Å². The van der Waals surface area contributed by atoms with Crippen molar-refractivity contribution in [2.45, 2.75) is 37.0 Å². The molecule has 2 aromatic heterocycles. The zero-order valence-electron chi connectivity index (χ0n) is 12.8. The van der Waals surface area contributed by atoms with Crippen LogP contribution in [0.2, 0.25) is 0 Å². The highest BCUT2D eigenvalue weighted by Gasteiger charge is 2.44. The smallest absolute Gasteiger partial charge is 0.167 e. The van der Waals surface area contributed by atoms with E-state index in [0.717, 1.165) is 6.42 Å². The van der Waals surface area contributed by atoms with Crippen LogP contribution in [0.3, 0.4) is 0 Å². The molecular formula is C14H19N5O5. The second kappa shape index (κ2) is 6.22. The molecule has 10 nitrogen and oxygen atoms in total. The Morgan fingerprint density at radius 1 is 1.25 bits per heavy atom. The molecule has 0 radical (unpaired) electrons. The third kappa shape index (κ3) is 2.52. The highest BCUT2D eigenvalue weighted by molar-refractivity contribution is 5.82. The molecule has 2 fully saturated rings. The van der Waals surface area contributed by atoms with Gasteiger partial charge in [0.15, 0.2) is 23.2 Å². The van der Waals surface area contributed by atoms with Gasteiger partial charge in [-0.05, 0) is 6.42 Å². The Morgan fingerprint density at radius 2 is 2.12 bits per heavy atom. The van der Waals surface area contributed by atoms with Gasteiger partial charge in [-0.25, -0.2) is 15.0 Å². The molecule has 24 heavy (non-hydrogen) atoms. The summed E-state index contributed by atoms with van der Waals surface area (Å²) in [6, 6.07) is 0.169. The van der Waals surface area contributed by atoms with Gasteiger partial charge >= 0.3 is 0 Å². The van der Waals surface area contributed by atoms with Gasteiger partial charge in [0, 0.05) is 6.61 Å². The van der Waals surface area contributed by atoms with Crippen molar-refractivity contribution >= 4 is 17.0 Å². The molecule has 10 heteroatoms. The summed E-state index contributed by atoms with van der Waals surface area (Å²) in [5, 5.41) is 32.6. The fraction of sp³-hybridized carbons (Fsp3) is 0.643. The monoisotopic (exact) mass is 337 g/mol. The van der Waals surface area contributed by atoms with E-state index >= 15 is 0 Å². The lowest BCUT2D eigenvalue weighted by Gasteiger charge is -2.16. The summed E-state index contributed by atoms with van der Waals surface area (Å²) in [4.78, 5) is 12.8. The van der Waals surface area contributed by atoms with E-state index in [1.54, 1.807) is 0 Å². The average Bonchev–Trinajstić information content (AvgIpc) is 3.30. The van der Waals surface area contributed by atoms with Gasteiger partial charge in [0.1, 0.15) is 24.6 Å². The van der Waals surface area contributed by atoms with Crippen molar-refractivity contribution in [1.82, 2.24) is 19.5 Å². The van der Waals surface area contributed by atoms with Gasteiger partial charge in [0.05, 0.1) is 25.6 Å². The first kappa shape index (κ1) is 15.7. The van der Waals surface area contributed by atoms with Crippen molar-refractivity contribution in [1.29, 1.82) is 0 Å². The Labute approximate surface area is 137 Å². The van der Waals surface area contributed by atoms with Crippen LogP contribution in [-0.4, -0.2) is 79.0 Å². The molecule has 0 spiro atoms. The molecule has 5 atom stereocenters. The van der Waals surface area contributed by atoms with E-state index in [9.17, 15) is 15.3 Å².